The number of hydrogen-bond acceptors (Lipinski definition) is 5. The molecule has 2 heterocycles. The van der Waals surface area contributed by atoms with E-state index in [0.717, 1.165) is 42.6 Å². The van der Waals surface area contributed by atoms with E-state index in [4.69, 9.17) is 0 Å². The molecule has 31 heavy (non-hydrogen) atoms. The lowest BCUT2D eigenvalue weighted by atomic mass is 9.70. The Morgan fingerprint density at radius 1 is 1.39 bits per heavy atom. The molecular formula is C24H37N5O2. The second-order valence-electron chi connectivity index (χ2n) is 9.97. The first-order valence-electron chi connectivity index (χ1n) is 11.3. The minimum Gasteiger partial charge on any atom is -0.387 e. The fourth-order valence-corrected chi connectivity index (χ4v) is 4.85. The van der Waals surface area contributed by atoms with Gasteiger partial charge >= 0.3 is 0 Å². The molecule has 1 aromatic rings. The molecule has 0 spiro atoms. The highest BCUT2D eigenvalue weighted by atomic mass is 16.2. The average Bonchev–Trinajstić information content (AvgIpc) is 2.69. The van der Waals surface area contributed by atoms with Crippen molar-refractivity contribution in [1.82, 2.24) is 20.4 Å². The molecule has 3 rings (SSSR count). The summed E-state index contributed by atoms with van der Waals surface area (Å²) in [6.45, 7) is 13.3. The number of carbonyl (C=O) groups excluding carboxylic acids is 1. The quantitative estimate of drug-likeness (QED) is 0.649. The normalized spacial score (nSPS) is 23.8. The lowest BCUT2D eigenvalue weighted by molar-refractivity contribution is -0.122. The summed E-state index contributed by atoms with van der Waals surface area (Å²) in [5.74, 6) is 0.303. The molecule has 1 aromatic heterocycles. The predicted molar refractivity (Wildman–Crippen MR) is 125 cm³/mol. The van der Waals surface area contributed by atoms with Crippen molar-refractivity contribution in [2.24, 2.45) is 11.3 Å². The van der Waals surface area contributed by atoms with Crippen molar-refractivity contribution >= 4 is 11.6 Å². The zero-order valence-corrected chi connectivity index (χ0v) is 19.7. The van der Waals surface area contributed by atoms with Crippen LogP contribution in [0.3, 0.4) is 0 Å². The molecule has 1 saturated carbocycles. The van der Waals surface area contributed by atoms with Crippen molar-refractivity contribution in [3.05, 3.63) is 45.5 Å². The van der Waals surface area contributed by atoms with E-state index in [1.807, 2.05) is 20.0 Å². The molecule has 0 radical (unpaired) electrons. The molecule has 7 heteroatoms. The first kappa shape index (κ1) is 23.1. The Labute approximate surface area is 185 Å². The Balaban J connectivity index is 1.64. The van der Waals surface area contributed by atoms with Gasteiger partial charge in [0.1, 0.15) is 6.54 Å². The molecule has 2 unspecified atom stereocenters. The van der Waals surface area contributed by atoms with Gasteiger partial charge in [0.2, 0.25) is 5.91 Å². The number of anilines is 1. The second-order valence-corrected chi connectivity index (χ2v) is 9.97. The smallest absolute Gasteiger partial charge is 0.272 e. The summed E-state index contributed by atoms with van der Waals surface area (Å²) >= 11 is 0. The van der Waals surface area contributed by atoms with Crippen molar-refractivity contribution in [2.75, 3.05) is 11.9 Å². The van der Waals surface area contributed by atoms with Crippen LogP contribution in [0.25, 0.3) is 0 Å². The van der Waals surface area contributed by atoms with Crippen LogP contribution < -0.4 is 21.5 Å². The van der Waals surface area contributed by atoms with Crippen LogP contribution in [0.5, 0.6) is 0 Å². The van der Waals surface area contributed by atoms with E-state index in [0.29, 0.717) is 22.9 Å². The van der Waals surface area contributed by atoms with Crippen LogP contribution in [0, 0.1) is 18.3 Å². The first-order valence-corrected chi connectivity index (χ1v) is 11.3. The molecule has 0 aromatic carbocycles. The highest BCUT2D eigenvalue weighted by Crippen LogP contribution is 2.39. The number of aromatic nitrogens is 2. The van der Waals surface area contributed by atoms with Gasteiger partial charge in [0.25, 0.3) is 5.56 Å². The van der Waals surface area contributed by atoms with Crippen LogP contribution in [0.1, 0.15) is 59.4 Å². The van der Waals surface area contributed by atoms with Gasteiger partial charge < -0.3 is 16.0 Å². The minimum absolute atomic E-state index is 0.0907. The fraction of sp³-hybridized carbons (Fsp3) is 0.625. The third kappa shape index (κ3) is 5.57. The second kappa shape index (κ2) is 9.28. The summed E-state index contributed by atoms with van der Waals surface area (Å²) in [5.41, 5.74) is 3.71. The van der Waals surface area contributed by atoms with Crippen LogP contribution in [0.2, 0.25) is 0 Å². The molecule has 2 aliphatic rings. The Kier molecular flexibility index (Phi) is 6.92. The molecule has 0 bridgehead atoms. The maximum atomic E-state index is 12.8. The van der Waals surface area contributed by atoms with Gasteiger partial charge in [-0.15, -0.1) is 0 Å². The zero-order chi connectivity index (χ0) is 22.8. The third-order valence-corrected chi connectivity index (χ3v) is 6.67. The van der Waals surface area contributed by atoms with Gasteiger partial charge in [-0.1, -0.05) is 26.8 Å². The molecule has 170 valence electrons. The van der Waals surface area contributed by atoms with E-state index < -0.39 is 0 Å². The van der Waals surface area contributed by atoms with Crippen LogP contribution in [-0.4, -0.2) is 34.3 Å². The van der Waals surface area contributed by atoms with E-state index in [1.54, 1.807) is 13.1 Å². The van der Waals surface area contributed by atoms with Gasteiger partial charge in [-0.25, -0.2) is 4.68 Å². The molecule has 1 aliphatic heterocycles. The van der Waals surface area contributed by atoms with Crippen LogP contribution in [0.4, 0.5) is 5.69 Å². The van der Waals surface area contributed by atoms with Crippen LogP contribution in [0.15, 0.2) is 34.4 Å². The van der Waals surface area contributed by atoms with E-state index in [9.17, 15) is 9.59 Å². The van der Waals surface area contributed by atoms with E-state index in [1.165, 1.54) is 4.68 Å². The monoisotopic (exact) mass is 427 g/mol. The molecule has 3 N–H and O–H groups in total. The maximum Gasteiger partial charge on any atom is 0.272 e. The van der Waals surface area contributed by atoms with Gasteiger partial charge in [-0.05, 0) is 68.7 Å². The van der Waals surface area contributed by atoms with Gasteiger partial charge in [0.05, 0.1) is 17.9 Å². The van der Waals surface area contributed by atoms with E-state index >= 15 is 0 Å². The summed E-state index contributed by atoms with van der Waals surface area (Å²) in [7, 11) is 0. The number of nitrogens with zero attached hydrogens (tertiary/aromatic N) is 2. The maximum absolute atomic E-state index is 12.8. The lowest BCUT2D eigenvalue weighted by Crippen LogP contribution is -2.41. The third-order valence-electron chi connectivity index (χ3n) is 6.67. The summed E-state index contributed by atoms with van der Waals surface area (Å²) in [6, 6.07) is 0.211. The minimum atomic E-state index is -0.228. The van der Waals surface area contributed by atoms with E-state index in [-0.39, 0.29) is 24.1 Å². The fourth-order valence-electron chi connectivity index (χ4n) is 4.85. The van der Waals surface area contributed by atoms with Gasteiger partial charge in [-0.2, -0.15) is 5.10 Å². The van der Waals surface area contributed by atoms with Crippen LogP contribution in [-0.2, 0) is 11.3 Å². The Bertz CT molecular complexity index is 944. The van der Waals surface area contributed by atoms with Gasteiger partial charge in [0, 0.05) is 18.2 Å². The number of hydrogen-bond donors (Lipinski definition) is 3. The molecule has 0 saturated heterocycles. The summed E-state index contributed by atoms with van der Waals surface area (Å²) < 4.78 is 1.25. The molecule has 1 fully saturated rings. The van der Waals surface area contributed by atoms with Crippen molar-refractivity contribution in [3.8, 4) is 0 Å². The molecular weight excluding hydrogens is 390 g/mol. The molecule has 3 atom stereocenters. The summed E-state index contributed by atoms with van der Waals surface area (Å²) in [6.07, 6.45) is 9.11. The highest BCUT2D eigenvalue weighted by Gasteiger charge is 2.32. The van der Waals surface area contributed by atoms with Gasteiger partial charge in [-0.3, -0.25) is 9.59 Å². The zero-order valence-electron chi connectivity index (χ0n) is 19.7. The lowest BCUT2D eigenvalue weighted by Gasteiger charge is -2.40. The molecule has 1 amide bonds. The number of carbonyl (C=O) groups is 1. The number of dihydropyridines is 1. The highest BCUT2D eigenvalue weighted by molar-refractivity contribution is 5.76. The SMILES string of the molecule is CC1=CNCC=C1C(C)NC(=O)Cn1ncc(NC2CCC(C)(C)C[C@H]2C)c(C)c1=O. The average molecular weight is 428 g/mol. The Hall–Kier alpha value is -2.57. The topological polar surface area (TPSA) is 88.0 Å². The number of amides is 1. The molecule has 7 nitrogen and oxygen atoms in total. The van der Waals surface area contributed by atoms with Crippen LogP contribution >= 0.6 is 0 Å². The van der Waals surface area contributed by atoms with Crippen molar-refractivity contribution in [1.29, 1.82) is 0 Å². The largest absolute Gasteiger partial charge is 0.387 e. The standard InChI is InChI=1S/C24H37N5O2/c1-15-11-24(5,6)9-7-20(15)28-21-13-26-29(23(31)17(21)3)14-22(30)27-18(4)19-8-10-25-12-16(19)2/h8,12-13,15,18,20,25,28H,7,9-11,14H2,1-6H3,(H,27,30)/t15-,18?,20?/m1/s1. The number of rotatable bonds is 6. The Morgan fingerprint density at radius 3 is 2.81 bits per heavy atom. The summed E-state index contributed by atoms with van der Waals surface area (Å²) in [4.78, 5) is 25.4. The summed E-state index contributed by atoms with van der Waals surface area (Å²) in [5, 5.41) is 14.0. The van der Waals surface area contributed by atoms with Crippen molar-refractivity contribution in [2.45, 2.75) is 79.4 Å². The Morgan fingerprint density at radius 2 is 2.13 bits per heavy atom. The first-order chi connectivity index (χ1) is 14.6. The van der Waals surface area contributed by atoms with Crippen molar-refractivity contribution in [3.63, 3.8) is 0 Å². The molecule has 1 aliphatic carbocycles. The van der Waals surface area contributed by atoms with Crippen molar-refractivity contribution < 1.29 is 4.79 Å². The predicted octanol–water partition coefficient (Wildman–Crippen LogP) is 3.12. The van der Waals surface area contributed by atoms with Gasteiger partial charge in [0.15, 0.2) is 0 Å². The van der Waals surface area contributed by atoms with E-state index in [2.05, 4.69) is 47.9 Å². The number of nitrogens with one attached hydrogen (secondary N) is 3.